The summed E-state index contributed by atoms with van der Waals surface area (Å²) in [5.41, 5.74) is 0.346. The Bertz CT molecular complexity index is 936. The van der Waals surface area contributed by atoms with Crippen LogP contribution in [0.15, 0.2) is 35.8 Å². The van der Waals surface area contributed by atoms with Gasteiger partial charge in [0.25, 0.3) is 0 Å². The first-order chi connectivity index (χ1) is 12.6. The highest BCUT2D eigenvalue weighted by molar-refractivity contribution is 6.13. The maximum atomic E-state index is 11.9. The molecule has 27 heavy (non-hydrogen) atoms. The molecular formula is C18H20N4O5. The van der Waals surface area contributed by atoms with E-state index >= 15 is 0 Å². The number of carbonyl (C=O) groups is 3. The molecule has 0 bridgehead atoms. The van der Waals surface area contributed by atoms with Gasteiger partial charge in [0.2, 0.25) is 5.91 Å². The quantitative estimate of drug-likeness (QED) is 0.399. The molecule has 9 nitrogen and oxygen atoms in total. The lowest BCUT2D eigenvalue weighted by molar-refractivity contribution is -0.140. The monoisotopic (exact) mass is 372 g/mol. The lowest BCUT2D eigenvalue weighted by Gasteiger charge is -2.21. The summed E-state index contributed by atoms with van der Waals surface area (Å²) in [6, 6.07) is 5.05. The Morgan fingerprint density at radius 3 is 2.30 bits per heavy atom. The van der Waals surface area contributed by atoms with Crippen molar-refractivity contribution in [2.75, 3.05) is 17.3 Å². The van der Waals surface area contributed by atoms with Crippen LogP contribution in [0.5, 0.6) is 0 Å². The Morgan fingerprint density at radius 1 is 1.11 bits per heavy atom. The van der Waals surface area contributed by atoms with E-state index in [9.17, 15) is 24.6 Å². The summed E-state index contributed by atoms with van der Waals surface area (Å²) in [6.45, 7) is 4.92. The summed E-state index contributed by atoms with van der Waals surface area (Å²) < 4.78 is 0. The molecule has 0 unspecified atom stereocenters. The predicted molar refractivity (Wildman–Crippen MR) is 99.4 cm³/mol. The standard InChI is InChI=1S/C18H20N4O5/c1-9(2)16(23)21-11-5-6-13-12(7-11)15(20-8-19-13)22(4)10(3)14(17(24)25)18(26)27/h5-9H,1-4H3,(H,21,23)(H,24,25)(H,26,27). The molecule has 0 radical (unpaired) electrons. The average molecular weight is 372 g/mol. The minimum absolute atomic E-state index is 0.00613. The fourth-order valence-corrected chi connectivity index (χ4v) is 2.40. The van der Waals surface area contributed by atoms with Crippen molar-refractivity contribution >= 4 is 40.3 Å². The molecule has 0 atom stereocenters. The number of benzene rings is 1. The number of nitrogens with one attached hydrogen (secondary N) is 1. The van der Waals surface area contributed by atoms with Crippen LogP contribution in [0.4, 0.5) is 11.5 Å². The molecule has 1 aromatic heterocycles. The zero-order valence-corrected chi connectivity index (χ0v) is 15.3. The second kappa shape index (κ2) is 7.81. The van der Waals surface area contributed by atoms with Crippen LogP contribution in [0.2, 0.25) is 0 Å². The number of allylic oxidation sites excluding steroid dienone is 1. The van der Waals surface area contributed by atoms with Crippen molar-refractivity contribution in [1.82, 2.24) is 9.97 Å². The number of amides is 1. The number of nitrogens with zero attached hydrogens (tertiary/aromatic N) is 3. The van der Waals surface area contributed by atoms with Gasteiger partial charge in [0, 0.05) is 29.7 Å². The van der Waals surface area contributed by atoms with Crippen molar-refractivity contribution in [3.8, 4) is 0 Å². The first kappa shape index (κ1) is 19.8. The van der Waals surface area contributed by atoms with Gasteiger partial charge in [-0.1, -0.05) is 13.8 Å². The van der Waals surface area contributed by atoms with Crippen LogP contribution < -0.4 is 10.2 Å². The topological polar surface area (TPSA) is 133 Å². The number of hydrogen-bond donors (Lipinski definition) is 3. The zero-order valence-electron chi connectivity index (χ0n) is 15.3. The zero-order chi connectivity index (χ0) is 20.3. The number of hydrogen-bond acceptors (Lipinski definition) is 6. The normalized spacial score (nSPS) is 10.6. The number of fused-ring (bicyclic) bond motifs is 1. The predicted octanol–water partition coefficient (Wildman–Crippen LogP) is 2.10. The molecular weight excluding hydrogens is 352 g/mol. The molecule has 0 aliphatic heterocycles. The lowest BCUT2D eigenvalue weighted by Crippen LogP contribution is -2.24. The molecule has 0 fully saturated rings. The maximum absolute atomic E-state index is 11.9. The van der Waals surface area contributed by atoms with Crippen LogP contribution in [0, 0.1) is 5.92 Å². The van der Waals surface area contributed by atoms with Crippen LogP contribution in [0.3, 0.4) is 0 Å². The third-order valence-corrected chi connectivity index (χ3v) is 4.02. The van der Waals surface area contributed by atoms with Crippen LogP contribution in [0.25, 0.3) is 10.9 Å². The molecule has 9 heteroatoms. The Hall–Kier alpha value is -3.49. The minimum atomic E-state index is -1.55. The van der Waals surface area contributed by atoms with Crippen molar-refractivity contribution in [3.05, 3.63) is 35.8 Å². The molecule has 1 amide bonds. The Balaban J connectivity index is 2.57. The third-order valence-electron chi connectivity index (χ3n) is 4.02. The number of carbonyl (C=O) groups excluding carboxylic acids is 1. The molecule has 0 saturated carbocycles. The van der Waals surface area contributed by atoms with Crippen molar-refractivity contribution < 1.29 is 24.6 Å². The summed E-state index contributed by atoms with van der Waals surface area (Å²) in [5.74, 6) is -3.13. The van der Waals surface area contributed by atoms with E-state index in [1.165, 1.54) is 25.2 Å². The summed E-state index contributed by atoms with van der Waals surface area (Å²) >= 11 is 0. The number of rotatable bonds is 6. The fourth-order valence-electron chi connectivity index (χ4n) is 2.40. The molecule has 0 saturated heterocycles. The van der Waals surface area contributed by atoms with E-state index in [0.29, 0.717) is 22.4 Å². The van der Waals surface area contributed by atoms with Gasteiger partial charge in [-0.2, -0.15) is 0 Å². The molecule has 1 heterocycles. The highest BCUT2D eigenvalue weighted by Crippen LogP contribution is 2.28. The first-order valence-corrected chi connectivity index (χ1v) is 8.10. The van der Waals surface area contributed by atoms with Crippen LogP contribution in [-0.4, -0.2) is 45.1 Å². The van der Waals surface area contributed by atoms with E-state index in [-0.39, 0.29) is 17.5 Å². The number of aliphatic carboxylic acids is 2. The SMILES string of the molecule is CC(=C(C(=O)O)C(=O)O)N(C)c1ncnc2ccc(NC(=O)C(C)C)cc12. The summed E-state index contributed by atoms with van der Waals surface area (Å²) in [4.78, 5) is 44.2. The fraction of sp³-hybridized carbons (Fsp3) is 0.278. The smallest absolute Gasteiger partial charge is 0.344 e. The van der Waals surface area contributed by atoms with E-state index in [0.717, 1.165) is 0 Å². The van der Waals surface area contributed by atoms with E-state index < -0.39 is 17.5 Å². The van der Waals surface area contributed by atoms with E-state index in [2.05, 4.69) is 15.3 Å². The van der Waals surface area contributed by atoms with E-state index in [1.54, 1.807) is 32.0 Å². The van der Waals surface area contributed by atoms with Gasteiger partial charge in [-0.25, -0.2) is 19.6 Å². The molecule has 0 aliphatic carbocycles. The molecule has 0 aliphatic rings. The number of carboxylic acids is 2. The Labute approximate surface area is 155 Å². The van der Waals surface area contributed by atoms with Crippen molar-refractivity contribution in [2.24, 2.45) is 5.92 Å². The number of carboxylic acid groups (broad SMARTS) is 2. The van der Waals surface area contributed by atoms with Crippen LogP contribution >= 0.6 is 0 Å². The van der Waals surface area contributed by atoms with Gasteiger partial charge >= 0.3 is 11.9 Å². The van der Waals surface area contributed by atoms with Crippen molar-refractivity contribution in [3.63, 3.8) is 0 Å². The van der Waals surface area contributed by atoms with Gasteiger partial charge in [-0.3, -0.25) is 4.79 Å². The van der Waals surface area contributed by atoms with Gasteiger partial charge < -0.3 is 20.4 Å². The van der Waals surface area contributed by atoms with Crippen LogP contribution in [0.1, 0.15) is 20.8 Å². The highest BCUT2D eigenvalue weighted by Gasteiger charge is 2.23. The first-order valence-electron chi connectivity index (χ1n) is 8.10. The lowest BCUT2D eigenvalue weighted by atomic mass is 10.1. The second-order valence-corrected chi connectivity index (χ2v) is 6.20. The van der Waals surface area contributed by atoms with Crippen molar-refractivity contribution in [2.45, 2.75) is 20.8 Å². The van der Waals surface area contributed by atoms with Gasteiger partial charge in [-0.15, -0.1) is 0 Å². The molecule has 1 aromatic carbocycles. The third kappa shape index (κ3) is 4.20. The highest BCUT2D eigenvalue weighted by atomic mass is 16.4. The summed E-state index contributed by atoms with van der Waals surface area (Å²) in [5, 5.41) is 21.7. The second-order valence-electron chi connectivity index (χ2n) is 6.20. The van der Waals surface area contributed by atoms with Gasteiger partial charge in [0.15, 0.2) is 5.57 Å². The summed E-state index contributed by atoms with van der Waals surface area (Å²) in [6.07, 6.45) is 1.30. The Morgan fingerprint density at radius 2 is 1.74 bits per heavy atom. The largest absolute Gasteiger partial charge is 0.477 e. The summed E-state index contributed by atoms with van der Waals surface area (Å²) in [7, 11) is 1.52. The number of aromatic nitrogens is 2. The molecule has 2 aromatic rings. The molecule has 142 valence electrons. The molecule has 3 N–H and O–H groups in total. The van der Waals surface area contributed by atoms with Gasteiger partial charge in [0.1, 0.15) is 12.1 Å². The van der Waals surface area contributed by atoms with Gasteiger partial charge in [0.05, 0.1) is 5.52 Å². The maximum Gasteiger partial charge on any atom is 0.344 e. The number of anilines is 2. The molecule has 0 spiro atoms. The average Bonchev–Trinajstić information content (AvgIpc) is 2.59. The minimum Gasteiger partial charge on any atom is -0.477 e. The van der Waals surface area contributed by atoms with Crippen LogP contribution in [-0.2, 0) is 14.4 Å². The van der Waals surface area contributed by atoms with E-state index in [1.807, 2.05) is 0 Å². The Kier molecular flexibility index (Phi) is 5.74. The molecule has 2 rings (SSSR count). The van der Waals surface area contributed by atoms with E-state index in [4.69, 9.17) is 0 Å². The van der Waals surface area contributed by atoms with Gasteiger partial charge in [-0.05, 0) is 25.1 Å². The van der Waals surface area contributed by atoms with Crippen molar-refractivity contribution in [1.29, 1.82) is 0 Å².